The molecule has 4 nitrogen and oxygen atoms in total. The minimum Gasteiger partial charge on any atom is -0.369 e. The van der Waals surface area contributed by atoms with Crippen LogP contribution in [0.1, 0.15) is 13.3 Å². The maximum Gasteiger partial charge on any atom is 0.230 e. The van der Waals surface area contributed by atoms with Crippen molar-refractivity contribution in [1.29, 1.82) is 0 Å². The molecule has 0 bridgehead atoms. The molecule has 0 rings (SSSR count). The topological polar surface area (TPSA) is 72.2 Å². The van der Waals surface area contributed by atoms with Crippen molar-refractivity contribution in [1.82, 2.24) is 5.32 Å². The molecule has 0 aromatic heterocycles. The van der Waals surface area contributed by atoms with Crippen LogP contribution in [0.2, 0.25) is 0 Å². The zero-order valence-corrected chi connectivity index (χ0v) is 6.26. The summed E-state index contributed by atoms with van der Waals surface area (Å²) >= 11 is 0. The zero-order chi connectivity index (χ0) is 8.85. The third-order valence-electron chi connectivity index (χ3n) is 0.962. The normalized spacial score (nSPS) is 11.3. The zero-order valence-electron chi connectivity index (χ0n) is 6.26. The molecule has 0 spiro atoms. The molecule has 0 radical (unpaired) electrons. The van der Waals surface area contributed by atoms with E-state index in [0.29, 0.717) is 0 Å². The van der Waals surface area contributed by atoms with Crippen LogP contribution in [0.25, 0.3) is 0 Å². The van der Waals surface area contributed by atoms with E-state index in [1.54, 1.807) is 6.92 Å². The molecule has 3 N–H and O–H groups in total. The molecule has 1 unspecified atom stereocenters. The molecule has 0 aliphatic heterocycles. The Morgan fingerprint density at radius 1 is 1.73 bits per heavy atom. The Hall–Kier alpha value is -1.50. The Labute approximate surface area is 65.1 Å². The van der Waals surface area contributed by atoms with Crippen molar-refractivity contribution < 1.29 is 9.59 Å². The summed E-state index contributed by atoms with van der Waals surface area (Å²) in [4.78, 5) is 20.9. The van der Waals surface area contributed by atoms with Crippen molar-refractivity contribution in [3.63, 3.8) is 0 Å². The lowest BCUT2D eigenvalue weighted by Gasteiger charge is -2.04. The number of primary amides is 1. The summed E-state index contributed by atoms with van der Waals surface area (Å²) in [6.07, 6.45) is 4.66. The first-order chi connectivity index (χ1) is 5.06. The average Bonchev–Trinajstić information content (AvgIpc) is 1.85. The lowest BCUT2D eigenvalue weighted by molar-refractivity contribution is -0.127. The first kappa shape index (κ1) is 9.50. The number of carbonyl (C=O) groups is 2. The minimum atomic E-state index is -0.660. The second-order valence-electron chi connectivity index (χ2n) is 2.10. The summed E-state index contributed by atoms with van der Waals surface area (Å²) in [6.45, 7) is 1.64. The van der Waals surface area contributed by atoms with Gasteiger partial charge in [-0.15, -0.1) is 6.42 Å². The molecule has 0 heterocycles. The fraction of sp³-hybridized carbons (Fsp3) is 0.429. The third-order valence-corrected chi connectivity index (χ3v) is 0.962. The summed E-state index contributed by atoms with van der Waals surface area (Å²) in [6, 6.07) is -0.359. The van der Waals surface area contributed by atoms with Crippen LogP contribution in [-0.2, 0) is 9.59 Å². The van der Waals surface area contributed by atoms with Gasteiger partial charge in [0, 0.05) is 0 Å². The summed E-state index contributed by atoms with van der Waals surface area (Å²) in [7, 11) is 0. The van der Waals surface area contributed by atoms with Gasteiger partial charge in [-0.2, -0.15) is 0 Å². The van der Waals surface area contributed by atoms with Gasteiger partial charge in [0.05, 0.1) is 6.04 Å². The van der Waals surface area contributed by atoms with Gasteiger partial charge in [-0.25, -0.2) is 0 Å². The Kier molecular flexibility index (Phi) is 3.75. The molecule has 60 valence electrons. The van der Waals surface area contributed by atoms with E-state index >= 15 is 0 Å². The summed E-state index contributed by atoms with van der Waals surface area (Å²) < 4.78 is 0. The Balaban J connectivity index is 3.72. The fourth-order valence-corrected chi connectivity index (χ4v) is 0.492. The van der Waals surface area contributed by atoms with Crippen molar-refractivity contribution in [2.45, 2.75) is 19.4 Å². The molecule has 4 heteroatoms. The number of rotatable bonds is 3. The summed E-state index contributed by atoms with van der Waals surface area (Å²) in [5.74, 6) is 1.18. The summed E-state index contributed by atoms with van der Waals surface area (Å²) in [5.41, 5.74) is 4.76. The Morgan fingerprint density at radius 2 is 2.27 bits per heavy atom. The van der Waals surface area contributed by atoms with Crippen molar-refractivity contribution in [3.05, 3.63) is 0 Å². The first-order valence-corrected chi connectivity index (χ1v) is 3.10. The van der Waals surface area contributed by atoms with Crippen LogP contribution in [0, 0.1) is 12.3 Å². The molecule has 0 aromatic rings. The smallest absolute Gasteiger partial charge is 0.230 e. The minimum absolute atomic E-state index is 0.313. The fourth-order valence-electron chi connectivity index (χ4n) is 0.492. The van der Waals surface area contributed by atoms with Gasteiger partial charge >= 0.3 is 0 Å². The molecule has 0 aromatic carbocycles. The third kappa shape index (κ3) is 4.97. The SMILES string of the molecule is C#CC(C)NC(=O)CC(N)=O. The first-order valence-electron chi connectivity index (χ1n) is 3.10. The van der Waals surface area contributed by atoms with Crippen LogP contribution in [0.15, 0.2) is 0 Å². The number of hydrogen-bond acceptors (Lipinski definition) is 2. The molecule has 1 atom stereocenters. The van der Waals surface area contributed by atoms with Crippen LogP contribution < -0.4 is 11.1 Å². The Bertz CT molecular complexity index is 205. The highest BCUT2D eigenvalue weighted by atomic mass is 16.2. The molecule has 0 saturated heterocycles. The Morgan fingerprint density at radius 3 is 2.64 bits per heavy atom. The van der Waals surface area contributed by atoms with Gasteiger partial charge in [0.15, 0.2) is 0 Å². The van der Waals surface area contributed by atoms with Gasteiger partial charge in [0.2, 0.25) is 11.8 Å². The monoisotopic (exact) mass is 154 g/mol. The maximum absolute atomic E-state index is 10.7. The molecule has 0 aliphatic rings. The highest BCUT2D eigenvalue weighted by molar-refractivity contribution is 5.96. The lowest BCUT2D eigenvalue weighted by Crippen LogP contribution is -2.34. The number of amides is 2. The van der Waals surface area contributed by atoms with E-state index in [2.05, 4.69) is 11.2 Å². The van der Waals surface area contributed by atoms with Gasteiger partial charge in [-0.05, 0) is 6.92 Å². The quantitative estimate of drug-likeness (QED) is 0.404. The average molecular weight is 154 g/mol. The number of terminal acetylenes is 1. The summed E-state index contributed by atoms with van der Waals surface area (Å²) in [5, 5.41) is 2.38. The van der Waals surface area contributed by atoms with Crippen molar-refractivity contribution in [2.24, 2.45) is 5.73 Å². The molecule has 0 aliphatic carbocycles. The predicted molar refractivity (Wildman–Crippen MR) is 40.2 cm³/mol. The van der Waals surface area contributed by atoms with Gasteiger partial charge in [0.1, 0.15) is 6.42 Å². The van der Waals surface area contributed by atoms with E-state index in [1.165, 1.54) is 0 Å². The maximum atomic E-state index is 10.7. The van der Waals surface area contributed by atoms with E-state index in [1.807, 2.05) is 0 Å². The van der Waals surface area contributed by atoms with E-state index in [0.717, 1.165) is 0 Å². The van der Waals surface area contributed by atoms with E-state index < -0.39 is 11.8 Å². The van der Waals surface area contributed by atoms with Crippen molar-refractivity contribution >= 4 is 11.8 Å². The number of nitrogens with two attached hydrogens (primary N) is 1. The van der Waals surface area contributed by atoms with Gasteiger partial charge in [-0.1, -0.05) is 5.92 Å². The number of nitrogens with one attached hydrogen (secondary N) is 1. The molecule has 2 amide bonds. The van der Waals surface area contributed by atoms with Crippen molar-refractivity contribution in [3.8, 4) is 12.3 Å². The molecule has 0 fully saturated rings. The standard InChI is InChI=1S/C7H10N2O2/c1-3-5(2)9-7(11)4-6(8)10/h1,5H,4H2,2H3,(H2,8,10)(H,9,11). The second kappa shape index (κ2) is 4.34. The van der Waals surface area contributed by atoms with E-state index in [9.17, 15) is 9.59 Å². The van der Waals surface area contributed by atoms with Crippen LogP contribution in [0.4, 0.5) is 0 Å². The molecular formula is C7H10N2O2. The molecule has 11 heavy (non-hydrogen) atoms. The number of carbonyl (C=O) groups excluding carboxylic acids is 2. The highest BCUT2D eigenvalue weighted by Crippen LogP contribution is 1.81. The van der Waals surface area contributed by atoms with Gasteiger partial charge in [0.25, 0.3) is 0 Å². The lowest BCUT2D eigenvalue weighted by atomic mass is 10.3. The van der Waals surface area contributed by atoms with Crippen LogP contribution in [-0.4, -0.2) is 17.9 Å². The van der Waals surface area contributed by atoms with Gasteiger partial charge < -0.3 is 11.1 Å². The second-order valence-corrected chi connectivity index (χ2v) is 2.10. The highest BCUT2D eigenvalue weighted by Gasteiger charge is 2.06. The van der Waals surface area contributed by atoms with E-state index in [-0.39, 0.29) is 12.5 Å². The molecule has 0 saturated carbocycles. The van der Waals surface area contributed by atoms with E-state index in [4.69, 9.17) is 12.2 Å². The van der Waals surface area contributed by atoms with Crippen LogP contribution in [0.5, 0.6) is 0 Å². The van der Waals surface area contributed by atoms with Gasteiger partial charge in [-0.3, -0.25) is 9.59 Å². The van der Waals surface area contributed by atoms with Crippen LogP contribution >= 0.6 is 0 Å². The van der Waals surface area contributed by atoms with Crippen LogP contribution in [0.3, 0.4) is 0 Å². The molecular weight excluding hydrogens is 144 g/mol. The predicted octanol–water partition coefficient (Wildman–Crippen LogP) is -1.00. The largest absolute Gasteiger partial charge is 0.369 e. The van der Waals surface area contributed by atoms with Crippen molar-refractivity contribution in [2.75, 3.05) is 0 Å². The number of hydrogen-bond donors (Lipinski definition) is 2.